The minimum Gasteiger partial charge on any atom is -0.480 e. The van der Waals surface area contributed by atoms with E-state index >= 15 is 0 Å². The molecule has 1 unspecified atom stereocenters. The van der Waals surface area contributed by atoms with Crippen LogP contribution >= 0.6 is 30.3 Å². The molecule has 1 aliphatic heterocycles. The van der Waals surface area contributed by atoms with Gasteiger partial charge < -0.3 is 5.11 Å². The van der Waals surface area contributed by atoms with E-state index in [0.29, 0.717) is 6.42 Å². The van der Waals surface area contributed by atoms with Crippen molar-refractivity contribution in [2.45, 2.75) is 25.8 Å². The first-order valence-electron chi connectivity index (χ1n) is 3.96. The van der Waals surface area contributed by atoms with Crippen molar-refractivity contribution < 1.29 is 14.7 Å². The highest BCUT2D eigenvalue weighted by Crippen LogP contribution is 2.35. The predicted octanol–water partition coefficient (Wildman–Crippen LogP) is 1.70. The average molecular weight is 315 g/mol. The number of amides is 1. The molecule has 1 N–H and O–H groups in total. The monoisotopic (exact) mass is 315 g/mol. The maximum Gasteiger partial charge on any atom is 0.327 e. The second-order valence-corrected chi connectivity index (χ2v) is 4.64. The van der Waals surface area contributed by atoms with Crippen LogP contribution in [0.25, 0.3) is 0 Å². The summed E-state index contributed by atoms with van der Waals surface area (Å²) in [6.45, 7) is 1.91. The zero-order chi connectivity index (χ0) is 10.0. The molecule has 74 valence electrons. The van der Waals surface area contributed by atoms with Gasteiger partial charge in [-0.15, -0.1) is 0 Å². The van der Waals surface area contributed by atoms with Crippen LogP contribution in [0.3, 0.4) is 0 Å². The van der Waals surface area contributed by atoms with Gasteiger partial charge in [-0.3, -0.25) is 9.10 Å². The van der Waals surface area contributed by atoms with Gasteiger partial charge in [-0.1, -0.05) is 6.92 Å². The summed E-state index contributed by atoms with van der Waals surface area (Å²) >= 11 is 1.94. The molecular weight excluding hydrogens is 305 g/mol. The Morgan fingerprint density at radius 3 is 2.77 bits per heavy atom. The molecule has 0 aromatic rings. The number of nitrogens with zero attached hydrogens (tertiary/aromatic N) is 1. The van der Waals surface area contributed by atoms with Crippen LogP contribution in [0, 0.1) is 5.92 Å². The lowest BCUT2D eigenvalue weighted by Crippen LogP contribution is -2.32. The average Bonchev–Trinajstić information content (AvgIpc) is 2.42. The fraction of sp³-hybridized carbons (Fsp3) is 0.714. The van der Waals surface area contributed by atoms with Crippen LogP contribution in [0.1, 0.15) is 19.8 Å². The van der Waals surface area contributed by atoms with E-state index in [4.69, 9.17) is 5.11 Å². The first-order chi connectivity index (χ1) is 6.11. The Kier molecular flexibility index (Phi) is 3.84. The van der Waals surface area contributed by atoms with E-state index in [2.05, 4.69) is 0 Å². The van der Waals surface area contributed by atoms with Crippen LogP contribution in [-0.4, -0.2) is 27.3 Å². The largest absolute Gasteiger partial charge is 0.480 e. The lowest BCUT2D eigenvalue weighted by molar-refractivity contribution is -0.142. The van der Waals surface area contributed by atoms with Gasteiger partial charge in [-0.05, 0) is 12.8 Å². The maximum absolute atomic E-state index is 11.5. The van der Waals surface area contributed by atoms with Crippen molar-refractivity contribution in [3.05, 3.63) is 0 Å². The van der Waals surface area contributed by atoms with Gasteiger partial charge in [-0.25, -0.2) is 4.79 Å². The molecule has 0 aromatic heterocycles. The third kappa shape index (κ3) is 2.09. The van der Waals surface area contributed by atoms with Crippen LogP contribution in [-0.2, 0) is 9.59 Å². The quantitative estimate of drug-likeness (QED) is 0.636. The van der Waals surface area contributed by atoms with Crippen molar-refractivity contribution >= 4 is 42.2 Å². The fourth-order valence-electron chi connectivity index (χ4n) is 1.42. The molecule has 0 saturated carbocycles. The number of carbonyl (C=O) groups is 2. The lowest BCUT2D eigenvalue weighted by Gasteiger charge is -2.15. The standard InChI is InChI=1S/C7H10INO3S/c1-2-4-3-5(7(11)12)9(13-8)6(4)10/h4-5H,2-3H2,1H3,(H,11,12)/t4-,5?/m1/s1. The fourth-order valence-corrected chi connectivity index (χ4v) is 3.32. The predicted molar refractivity (Wildman–Crippen MR) is 58.3 cm³/mol. The molecule has 0 radical (unpaired) electrons. The van der Waals surface area contributed by atoms with E-state index < -0.39 is 12.0 Å². The Labute approximate surface area is 92.8 Å². The number of aliphatic carboxylic acids is 1. The van der Waals surface area contributed by atoms with E-state index in [1.165, 1.54) is 13.4 Å². The van der Waals surface area contributed by atoms with Crippen LogP contribution in [0.15, 0.2) is 0 Å². The Hall–Kier alpha value is 0.0200. The topological polar surface area (TPSA) is 57.6 Å². The molecule has 1 heterocycles. The van der Waals surface area contributed by atoms with Crippen molar-refractivity contribution in [2.75, 3.05) is 0 Å². The highest BCUT2D eigenvalue weighted by molar-refractivity contribution is 14.2. The van der Waals surface area contributed by atoms with Gasteiger partial charge >= 0.3 is 5.97 Å². The molecule has 4 nitrogen and oxygen atoms in total. The summed E-state index contributed by atoms with van der Waals surface area (Å²) in [5.41, 5.74) is 0. The SMILES string of the molecule is CC[C@@H]1CC(C(=O)O)N(SI)C1=O. The highest BCUT2D eigenvalue weighted by Gasteiger charge is 2.42. The summed E-state index contributed by atoms with van der Waals surface area (Å²) in [6.07, 6.45) is 1.16. The molecule has 1 amide bonds. The van der Waals surface area contributed by atoms with Gasteiger partial charge in [0.15, 0.2) is 0 Å². The molecule has 13 heavy (non-hydrogen) atoms. The third-order valence-electron chi connectivity index (χ3n) is 2.21. The highest BCUT2D eigenvalue weighted by atomic mass is 127. The zero-order valence-corrected chi connectivity index (χ0v) is 10.0. The summed E-state index contributed by atoms with van der Waals surface area (Å²) in [7, 11) is 1.17. The molecule has 1 aliphatic rings. The molecule has 1 fully saturated rings. The normalized spacial score (nSPS) is 28.2. The third-order valence-corrected chi connectivity index (χ3v) is 4.07. The van der Waals surface area contributed by atoms with Gasteiger partial charge in [-0.2, -0.15) is 0 Å². The molecule has 0 spiro atoms. The van der Waals surface area contributed by atoms with Crippen LogP contribution in [0.2, 0.25) is 0 Å². The van der Waals surface area contributed by atoms with Crippen LogP contribution in [0.4, 0.5) is 0 Å². The first-order valence-corrected chi connectivity index (χ1v) is 7.28. The van der Waals surface area contributed by atoms with Gasteiger partial charge in [0.1, 0.15) is 6.04 Å². The van der Waals surface area contributed by atoms with E-state index in [1.807, 2.05) is 28.1 Å². The van der Waals surface area contributed by atoms with Crippen molar-refractivity contribution in [3.63, 3.8) is 0 Å². The minimum atomic E-state index is -0.909. The molecule has 2 atom stereocenters. The van der Waals surface area contributed by atoms with Crippen molar-refractivity contribution in [1.82, 2.24) is 4.31 Å². The zero-order valence-electron chi connectivity index (χ0n) is 7.07. The number of carbonyl (C=O) groups excluding carboxylic acids is 1. The van der Waals surface area contributed by atoms with Crippen molar-refractivity contribution in [3.8, 4) is 0 Å². The van der Waals surface area contributed by atoms with Gasteiger partial charge in [0.05, 0.1) is 0 Å². The van der Waals surface area contributed by atoms with E-state index in [-0.39, 0.29) is 11.8 Å². The summed E-state index contributed by atoms with van der Waals surface area (Å²) in [5, 5.41) is 8.84. The number of carboxylic acids is 1. The molecule has 6 heteroatoms. The number of halogens is 1. The van der Waals surface area contributed by atoms with Crippen LogP contribution < -0.4 is 0 Å². The smallest absolute Gasteiger partial charge is 0.327 e. The number of rotatable bonds is 3. The van der Waals surface area contributed by atoms with Crippen molar-refractivity contribution in [1.29, 1.82) is 0 Å². The Balaban J connectivity index is 2.78. The number of carboxylic acid groups (broad SMARTS) is 1. The lowest BCUT2D eigenvalue weighted by atomic mass is 10.0. The van der Waals surface area contributed by atoms with Gasteiger partial charge in [0, 0.05) is 36.2 Å². The summed E-state index contributed by atoms with van der Waals surface area (Å²) in [6, 6.07) is -0.639. The molecule has 0 aromatic carbocycles. The van der Waals surface area contributed by atoms with E-state index in [1.54, 1.807) is 0 Å². The second kappa shape index (κ2) is 4.50. The second-order valence-electron chi connectivity index (χ2n) is 2.93. The molecule has 0 aliphatic carbocycles. The Morgan fingerprint density at radius 1 is 1.85 bits per heavy atom. The Bertz CT molecular complexity index is 236. The molecule has 1 saturated heterocycles. The first kappa shape index (κ1) is 11.1. The Morgan fingerprint density at radius 2 is 2.46 bits per heavy atom. The van der Waals surface area contributed by atoms with Gasteiger partial charge in [0.25, 0.3) is 0 Å². The van der Waals surface area contributed by atoms with E-state index in [9.17, 15) is 9.59 Å². The maximum atomic E-state index is 11.5. The summed E-state index contributed by atoms with van der Waals surface area (Å²) in [4.78, 5) is 22.3. The van der Waals surface area contributed by atoms with Crippen LogP contribution in [0.5, 0.6) is 0 Å². The minimum absolute atomic E-state index is 0.0469. The van der Waals surface area contributed by atoms with Gasteiger partial charge in [0.2, 0.25) is 5.91 Å². The molecule has 1 rings (SSSR count). The number of hydrogen-bond donors (Lipinski definition) is 1. The van der Waals surface area contributed by atoms with E-state index in [0.717, 1.165) is 6.42 Å². The summed E-state index contributed by atoms with van der Waals surface area (Å²) < 4.78 is 1.36. The van der Waals surface area contributed by atoms with Crippen molar-refractivity contribution in [2.24, 2.45) is 5.92 Å². The molecular formula is C7H10INO3S. The molecule has 0 bridgehead atoms. The summed E-state index contributed by atoms with van der Waals surface area (Å²) in [5.74, 6) is -1.06. The number of hydrogen-bond acceptors (Lipinski definition) is 3.